The molecule has 0 saturated carbocycles. The fourth-order valence-electron chi connectivity index (χ4n) is 3.27. The van der Waals surface area contributed by atoms with Crippen LogP contribution in [0.5, 0.6) is 0 Å². The Hall–Kier alpha value is -2.41. The van der Waals surface area contributed by atoms with Crippen LogP contribution in [0.15, 0.2) is 42.5 Å². The van der Waals surface area contributed by atoms with E-state index in [-0.39, 0.29) is 11.9 Å². The zero-order valence-corrected chi connectivity index (χ0v) is 14.0. The second-order valence-electron chi connectivity index (χ2n) is 6.33. The number of aliphatic hydroxyl groups excluding tert-OH is 1. The van der Waals surface area contributed by atoms with E-state index in [0.29, 0.717) is 13.0 Å². The Kier molecular flexibility index (Phi) is 5.27. The topological polar surface area (TPSA) is 53.4 Å². The minimum atomic E-state index is -4.35. The summed E-state index contributed by atoms with van der Waals surface area (Å²) >= 11 is 0. The Morgan fingerprint density at radius 3 is 2.58 bits per heavy atom. The van der Waals surface area contributed by atoms with Gasteiger partial charge in [-0.05, 0) is 42.7 Å². The number of pyridine rings is 1. The number of halogens is 3. The van der Waals surface area contributed by atoms with E-state index >= 15 is 0 Å². The molecular weight excluding hydrogens is 345 g/mol. The highest BCUT2D eigenvalue weighted by atomic mass is 19.4. The third kappa shape index (κ3) is 4.04. The molecule has 0 radical (unpaired) electrons. The molecule has 138 valence electrons. The van der Waals surface area contributed by atoms with Gasteiger partial charge in [0.1, 0.15) is 6.61 Å². The second-order valence-corrected chi connectivity index (χ2v) is 6.33. The van der Waals surface area contributed by atoms with Gasteiger partial charge >= 0.3 is 6.18 Å². The third-order valence-corrected chi connectivity index (χ3v) is 4.54. The summed E-state index contributed by atoms with van der Waals surface area (Å²) < 4.78 is 37.9. The van der Waals surface area contributed by atoms with Gasteiger partial charge in [0.15, 0.2) is 0 Å². The van der Waals surface area contributed by atoms with E-state index in [2.05, 4.69) is 4.98 Å². The van der Waals surface area contributed by atoms with Crippen LogP contribution < -0.4 is 0 Å². The van der Waals surface area contributed by atoms with Crippen molar-refractivity contribution in [2.24, 2.45) is 0 Å². The molecule has 0 unspecified atom stereocenters. The molecule has 1 N–H and O–H groups in total. The van der Waals surface area contributed by atoms with Crippen LogP contribution in [0.3, 0.4) is 0 Å². The van der Waals surface area contributed by atoms with Gasteiger partial charge in [-0.15, -0.1) is 0 Å². The summed E-state index contributed by atoms with van der Waals surface area (Å²) in [6.45, 7) is 0.0661. The van der Waals surface area contributed by atoms with E-state index < -0.39 is 18.3 Å². The summed E-state index contributed by atoms with van der Waals surface area (Å²) in [7, 11) is 0. The lowest BCUT2D eigenvalue weighted by atomic mass is 10.1. The SMILES string of the molecule is O=C(CO)N1CCC[C@H]1c1cccc(Cc2ccc(C(F)(F)F)cc2)n1. The van der Waals surface area contributed by atoms with Crippen molar-refractivity contribution in [3.8, 4) is 0 Å². The van der Waals surface area contributed by atoms with Crippen LogP contribution in [0, 0.1) is 0 Å². The molecule has 26 heavy (non-hydrogen) atoms. The highest BCUT2D eigenvalue weighted by Crippen LogP contribution is 2.31. The lowest BCUT2D eigenvalue weighted by Gasteiger charge is -2.23. The van der Waals surface area contributed by atoms with Crippen LogP contribution >= 0.6 is 0 Å². The standard InChI is InChI=1S/C19H19F3N2O2/c20-19(21,22)14-8-6-13(7-9-14)11-15-3-1-4-16(23-15)17-5-2-10-24(17)18(26)12-25/h1,3-4,6-9,17,25H,2,5,10-12H2/t17-/m0/s1. The van der Waals surface area contributed by atoms with Crippen molar-refractivity contribution in [1.29, 1.82) is 0 Å². The molecule has 1 fully saturated rings. The van der Waals surface area contributed by atoms with Gasteiger partial charge in [-0.1, -0.05) is 18.2 Å². The van der Waals surface area contributed by atoms with Crippen LogP contribution in [0.25, 0.3) is 0 Å². The molecule has 2 aromatic rings. The van der Waals surface area contributed by atoms with Crippen molar-refractivity contribution >= 4 is 5.91 Å². The molecule has 1 aromatic carbocycles. The molecule has 2 heterocycles. The van der Waals surface area contributed by atoms with Crippen molar-refractivity contribution in [3.05, 3.63) is 65.0 Å². The predicted molar refractivity (Wildman–Crippen MR) is 89.3 cm³/mol. The molecule has 1 saturated heterocycles. The van der Waals surface area contributed by atoms with Crippen LogP contribution in [0.4, 0.5) is 13.2 Å². The van der Waals surface area contributed by atoms with Gasteiger partial charge in [0, 0.05) is 18.7 Å². The average molecular weight is 364 g/mol. The maximum Gasteiger partial charge on any atom is 0.416 e. The van der Waals surface area contributed by atoms with Crippen molar-refractivity contribution in [2.45, 2.75) is 31.5 Å². The predicted octanol–water partition coefficient (Wildman–Crippen LogP) is 3.35. The van der Waals surface area contributed by atoms with Crippen LogP contribution in [0.2, 0.25) is 0 Å². The van der Waals surface area contributed by atoms with Crippen molar-refractivity contribution in [1.82, 2.24) is 9.88 Å². The molecule has 1 amide bonds. The minimum Gasteiger partial charge on any atom is -0.387 e. The Morgan fingerprint density at radius 1 is 1.19 bits per heavy atom. The van der Waals surface area contributed by atoms with Gasteiger partial charge < -0.3 is 10.0 Å². The van der Waals surface area contributed by atoms with Crippen LogP contribution in [-0.2, 0) is 17.4 Å². The van der Waals surface area contributed by atoms with Crippen LogP contribution in [-0.4, -0.2) is 34.0 Å². The van der Waals surface area contributed by atoms with E-state index in [0.717, 1.165) is 41.9 Å². The maximum atomic E-state index is 12.6. The van der Waals surface area contributed by atoms with Gasteiger partial charge in [0.2, 0.25) is 5.91 Å². The number of aromatic nitrogens is 1. The fraction of sp³-hybridized carbons (Fsp3) is 0.368. The van der Waals surface area contributed by atoms with Crippen molar-refractivity contribution in [3.63, 3.8) is 0 Å². The number of benzene rings is 1. The Labute approximate surface area is 149 Å². The quantitative estimate of drug-likeness (QED) is 0.905. The molecule has 4 nitrogen and oxygen atoms in total. The number of alkyl halides is 3. The number of likely N-dealkylation sites (tertiary alicyclic amines) is 1. The molecule has 0 aliphatic carbocycles. The molecule has 0 bridgehead atoms. The molecule has 1 aromatic heterocycles. The zero-order valence-electron chi connectivity index (χ0n) is 14.0. The van der Waals surface area contributed by atoms with E-state index in [1.54, 1.807) is 4.90 Å². The smallest absolute Gasteiger partial charge is 0.387 e. The van der Waals surface area contributed by atoms with Gasteiger partial charge in [-0.2, -0.15) is 13.2 Å². The van der Waals surface area contributed by atoms with Gasteiger partial charge in [-0.25, -0.2) is 0 Å². The molecule has 3 rings (SSSR count). The summed E-state index contributed by atoms with van der Waals surface area (Å²) in [5.74, 6) is -0.317. The lowest BCUT2D eigenvalue weighted by Crippen LogP contribution is -2.33. The van der Waals surface area contributed by atoms with Gasteiger partial charge in [0.25, 0.3) is 0 Å². The largest absolute Gasteiger partial charge is 0.416 e. The highest BCUT2D eigenvalue weighted by molar-refractivity contribution is 5.77. The number of hydrogen-bond donors (Lipinski definition) is 1. The lowest BCUT2D eigenvalue weighted by molar-refractivity contribution is -0.137. The number of nitrogens with zero attached hydrogens (tertiary/aromatic N) is 2. The summed E-state index contributed by atoms with van der Waals surface area (Å²) in [6.07, 6.45) is -2.31. The summed E-state index contributed by atoms with van der Waals surface area (Å²) in [6, 6.07) is 10.4. The van der Waals surface area contributed by atoms with Crippen molar-refractivity contribution < 1.29 is 23.1 Å². The second kappa shape index (κ2) is 7.45. The average Bonchev–Trinajstić information content (AvgIpc) is 3.11. The zero-order chi connectivity index (χ0) is 18.7. The van der Waals surface area contributed by atoms with Gasteiger partial charge in [-0.3, -0.25) is 9.78 Å². The fourth-order valence-corrected chi connectivity index (χ4v) is 3.27. The molecule has 7 heteroatoms. The monoisotopic (exact) mass is 364 g/mol. The minimum absolute atomic E-state index is 0.165. The number of carbonyl (C=O) groups is 1. The van der Waals surface area contributed by atoms with E-state index in [1.807, 2.05) is 18.2 Å². The highest BCUT2D eigenvalue weighted by Gasteiger charge is 2.31. The Morgan fingerprint density at radius 2 is 1.92 bits per heavy atom. The van der Waals surface area contributed by atoms with E-state index in [4.69, 9.17) is 5.11 Å². The van der Waals surface area contributed by atoms with Crippen LogP contribution in [0.1, 0.15) is 41.4 Å². The first-order valence-electron chi connectivity index (χ1n) is 8.41. The number of amides is 1. The number of aliphatic hydroxyl groups is 1. The van der Waals surface area contributed by atoms with E-state index in [1.165, 1.54) is 12.1 Å². The summed E-state index contributed by atoms with van der Waals surface area (Å²) in [5.41, 5.74) is 1.53. The number of rotatable bonds is 4. The Balaban J connectivity index is 1.76. The van der Waals surface area contributed by atoms with Crippen molar-refractivity contribution in [2.75, 3.05) is 13.2 Å². The first-order chi connectivity index (χ1) is 12.4. The number of carbonyl (C=O) groups excluding carboxylic acids is 1. The first-order valence-corrected chi connectivity index (χ1v) is 8.41. The molecular formula is C19H19F3N2O2. The first kappa shape index (κ1) is 18.4. The molecule has 0 spiro atoms. The van der Waals surface area contributed by atoms with E-state index in [9.17, 15) is 18.0 Å². The third-order valence-electron chi connectivity index (χ3n) is 4.54. The Bertz CT molecular complexity index is 775. The molecule has 1 aliphatic rings. The summed E-state index contributed by atoms with van der Waals surface area (Å²) in [5, 5.41) is 9.10. The molecule has 1 aliphatic heterocycles. The normalized spacial score (nSPS) is 17.5. The van der Waals surface area contributed by atoms with Gasteiger partial charge in [0.05, 0.1) is 17.3 Å². The summed E-state index contributed by atoms with van der Waals surface area (Å²) in [4.78, 5) is 18.1. The number of hydrogen-bond acceptors (Lipinski definition) is 3. The maximum absolute atomic E-state index is 12.6. The molecule has 1 atom stereocenters.